The zero-order chi connectivity index (χ0) is 15.4. The molecule has 112 valence electrons. The second kappa shape index (κ2) is 5.95. The van der Waals surface area contributed by atoms with Crippen LogP contribution in [0.2, 0.25) is 0 Å². The van der Waals surface area contributed by atoms with Crippen LogP contribution in [0.4, 0.5) is 16.4 Å². The maximum atomic E-state index is 12.0. The number of carbonyl (C=O) groups is 1. The molecule has 3 aromatic rings. The van der Waals surface area contributed by atoms with E-state index in [4.69, 9.17) is 5.73 Å². The Morgan fingerprint density at radius 1 is 1.32 bits per heavy atom. The Bertz CT molecular complexity index is 750. The van der Waals surface area contributed by atoms with Gasteiger partial charge >= 0.3 is 6.03 Å². The number of rotatable bonds is 4. The highest BCUT2D eigenvalue weighted by Crippen LogP contribution is 2.30. The Morgan fingerprint density at radius 3 is 2.86 bits per heavy atom. The van der Waals surface area contributed by atoms with Gasteiger partial charge in [0, 0.05) is 30.7 Å². The molecule has 0 saturated heterocycles. The lowest BCUT2D eigenvalue weighted by Gasteiger charge is -2.07. The summed E-state index contributed by atoms with van der Waals surface area (Å²) in [6.45, 7) is 0.384. The number of H-pyrrole nitrogens is 2. The zero-order valence-electron chi connectivity index (χ0n) is 11.5. The lowest BCUT2D eigenvalue weighted by Crippen LogP contribution is -2.28. The quantitative estimate of drug-likeness (QED) is 0.491. The van der Waals surface area contributed by atoms with Crippen LogP contribution in [0.3, 0.4) is 0 Å². The highest BCUT2D eigenvalue weighted by molar-refractivity contribution is 5.95. The number of hydrogen-bond donors (Lipinski definition) is 5. The zero-order valence-corrected chi connectivity index (χ0v) is 11.5. The SMILES string of the molecule is Nc1[nH]nc(NC(=O)NCc2ccncc2)c1-c1cn[nH]c1. The molecule has 3 heterocycles. The highest BCUT2D eigenvalue weighted by Gasteiger charge is 2.16. The minimum Gasteiger partial charge on any atom is -0.383 e. The van der Waals surface area contributed by atoms with Crippen LogP contribution in [0.25, 0.3) is 11.1 Å². The minimum atomic E-state index is -0.381. The van der Waals surface area contributed by atoms with Crippen molar-refractivity contribution in [2.24, 2.45) is 0 Å². The van der Waals surface area contributed by atoms with Gasteiger partial charge in [0.25, 0.3) is 0 Å². The van der Waals surface area contributed by atoms with Gasteiger partial charge in [-0.05, 0) is 17.7 Å². The molecule has 0 unspecified atom stereocenters. The molecule has 2 amide bonds. The van der Waals surface area contributed by atoms with Crippen molar-refractivity contribution < 1.29 is 4.79 Å². The molecule has 0 aliphatic carbocycles. The lowest BCUT2D eigenvalue weighted by molar-refractivity contribution is 0.251. The number of nitrogens with one attached hydrogen (secondary N) is 4. The maximum Gasteiger partial charge on any atom is 0.320 e. The van der Waals surface area contributed by atoms with Crippen LogP contribution in [-0.4, -0.2) is 31.4 Å². The van der Waals surface area contributed by atoms with Gasteiger partial charge < -0.3 is 11.1 Å². The van der Waals surface area contributed by atoms with E-state index < -0.39 is 0 Å². The number of nitrogens with two attached hydrogens (primary N) is 1. The first-order valence-corrected chi connectivity index (χ1v) is 6.51. The number of aromatic nitrogens is 5. The number of amides is 2. The van der Waals surface area contributed by atoms with Gasteiger partial charge in [0.15, 0.2) is 5.82 Å². The maximum absolute atomic E-state index is 12.0. The second-order valence-corrected chi connectivity index (χ2v) is 4.51. The average molecular weight is 298 g/mol. The summed E-state index contributed by atoms with van der Waals surface area (Å²) in [4.78, 5) is 15.9. The number of hydrogen-bond acceptors (Lipinski definition) is 5. The number of anilines is 2. The summed E-state index contributed by atoms with van der Waals surface area (Å²) in [7, 11) is 0. The number of aromatic amines is 2. The Balaban J connectivity index is 1.67. The molecule has 0 spiro atoms. The fraction of sp³-hybridized carbons (Fsp3) is 0.0769. The summed E-state index contributed by atoms with van der Waals surface area (Å²) < 4.78 is 0. The van der Waals surface area contributed by atoms with Crippen LogP contribution in [0.5, 0.6) is 0 Å². The predicted octanol–water partition coefficient (Wildman–Crippen LogP) is 1.10. The molecule has 3 rings (SSSR count). The van der Waals surface area contributed by atoms with Crippen molar-refractivity contribution in [3.63, 3.8) is 0 Å². The summed E-state index contributed by atoms with van der Waals surface area (Å²) in [5, 5.41) is 18.6. The predicted molar refractivity (Wildman–Crippen MR) is 80.7 cm³/mol. The van der Waals surface area contributed by atoms with Crippen molar-refractivity contribution in [1.29, 1.82) is 0 Å². The van der Waals surface area contributed by atoms with Crippen LogP contribution >= 0.6 is 0 Å². The van der Waals surface area contributed by atoms with Gasteiger partial charge in [0.05, 0.1) is 11.8 Å². The first-order chi connectivity index (χ1) is 10.7. The average Bonchev–Trinajstić information content (AvgIpc) is 3.16. The van der Waals surface area contributed by atoms with Gasteiger partial charge in [-0.15, -0.1) is 0 Å². The molecule has 0 aliphatic heterocycles. The highest BCUT2D eigenvalue weighted by atomic mass is 16.2. The summed E-state index contributed by atoms with van der Waals surface area (Å²) in [6, 6.07) is 3.26. The summed E-state index contributed by atoms with van der Waals surface area (Å²) in [5.74, 6) is 0.692. The van der Waals surface area contributed by atoms with Crippen molar-refractivity contribution >= 4 is 17.7 Å². The van der Waals surface area contributed by atoms with Crippen molar-refractivity contribution in [3.05, 3.63) is 42.5 Å². The molecule has 0 saturated carbocycles. The first-order valence-electron chi connectivity index (χ1n) is 6.51. The standard InChI is InChI=1S/C13H14N8O/c14-11-10(9-6-17-18-7-9)12(21-20-11)19-13(22)16-5-8-1-3-15-4-2-8/h1-4,6-7H,5H2,(H,17,18)(H5,14,16,19,20,21,22). The van der Waals surface area contributed by atoms with Gasteiger partial charge in [-0.25, -0.2) is 4.79 Å². The third-order valence-electron chi connectivity index (χ3n) is 3.02. The Kier molecular flexibility index (Phi) is 3.69. The summed E-state index contributed by atoms with van der Waals surface area (Å²) >= 11 is 0. The number of pyridine rings is 1. The summed E-state index contributed by atoms with van der Waals surface area (Å²) in [5.41, 5.74) is 8.10. The molecule has 0 atom stereocenters. The first kappa shape index (κ1) is 13.6. The van der Waals surface area contributed by atoms with Crippen molar-refractivity contribution in [3.8, 4) is 11.1 Å². The van der Waals surface area contributed by atoms with Crippen LogP contribution in [0.15, 0.2) is 36.9 Å². The van der Waals surface area contributed by atoms with E-state index in [1.807, 2.05) is 12.1 Å². The number of carbonyl (C=O) groups excluding carboxylic acids is 1. The van der Waals surface area contributed by atoms with E-state index in [1.165, 1.54) is 0 Å². The molecule has 3 aromatic heterocycles. The fourth-order valence-electron chi connectivity index (χ4n) is 1.96. The summed E-state index contributed by atoms with van der Waals surface area (Å²) in [6.07, 6.45) is 6.60. The van der Waals surface area contributed by atoms with Crippen LogP contribution in [0, 0.1) is 0 Å². The Labute approximate surface area is 125 Å². The van der Waals surface area contributed by atoms with Crippen LogP contribution < -0.4 is 16.4 Å². The fourth-order valence-corrected chi connectivity index (χ4v) is 1.96. The Hall–Kier alpha value is -3.36. The van der Waals surface area contributed by atoms with E-state index in [0.717, 1.165) is 11.1 Å². The van der Waals surface area contributed by atoms with E-state index in [0.29, 0.717) is 23.7 Å². The number of urea groups is 1. The molecule has 9 heteroatoms. The van der Waals surface area contributed by atoms with E-state index in [9.17, 15) is 4.79 Å². The molecule has 0 aromatic carbocycles. The third-order valence-corrected chi connectivity index (χ3v) is 3.02. The molecule has 6 N–H and O–H groups in total. The van der Waals surface area contributed by atoms with Crippen LogP contribution in [0.1, 0.15) is 5.56 Å². The Morgan fingerprint density at radius 2 is 2.14 bits per heavy atom. The van der Waals surface area contributed by atoms with E-state index in [2.05, 4.69) is 36.0 Å². The smallest absolute Gasteiger partial charge is 0.320 e. The molecule has 0 radical (unpaired) electrons. The van der Waals surface area contributed by atoms with Gasteiger partial charge in [-0.1, -0.05) is 0 Å². The molecular formula is C13H14N8O. The second-order valence-electron chi connectivity index (χ2n) is 4.51. The van der Waals surface area contributed by atoms with Gasteiger partial charge in [0.1, 0.15) is 5.82 Å². The normalized spacial score (nSPS) is 10.4. The number of nitrogens with zero attached hydrogens (tertiary/aromatic N) is 3. The van der Waals surface area contributed by atoms with Gasteiger partial charge in [0.2, 0.25) is 0 Å². The molecule has 22 heavy (non-hydrogen) atoms. The molecule has 0 fully saturated rings. The molecule has 0 aliphatic rings. The minimum absolute atomic E-state index is 0.339. The van der Waals surface area contributed by atoms with E-state index in [1.54, 1.807) is 24.8 Å². The van der Waals surface area contributed by atoms with E-state index in [-0.39, 0.29) is 6.03 Å². The van der Waals surface area contributed by atoms with Crippen molar-refractivity contribution in [1.82, 2.24) is 30.7 Å². The van der Waals surface area contributed by atoms with E-state index >= 15 is 0 Å². The monoisotopic (exact) mass is 298 g/mol. The van der Waals surface area contributed by atoms with Crippen LogP contribution in [-0.2, 0) is 6.54 Å². The number of nitrogen functional groups attached to an aromatic ring is 1. The topological polar surface area (TPSA) is 137 Å². The van der Waals surface area contributed by atoms with Gasteiger partial charge in [-0.3, -0.25) is 20.5 Å². The third kappa shape index (κ3) is 2.87. The molecule has 0 bridgehead atoms. The van der Waals surface area contributed by atoms with Gasteiger partial charge in [-0.2, -0.15) is 10.2 Å². The van der Waals surface area contributed by atoms with Crippen molar-refractivity contribution in [2.45, 2.75) is 6.54 Å². The molecular weight excluding hydrogens is 284 g/mol. The molecule has 9 nitrogen and oxygen atoms in total. The largest absolute Gasteiger partial charge is 0.383 e. The lowest BCUT2D eigenvalue weighted by atomic mass is 10.2. The van der Waals surface area contributed by atoms with Crippen molar-refractivity contribution in [2.75, 3.05) is 11.1 Å².